The lowest BCUT2D eigenvalue weighted by molar-refractivity contribution is -0.130. The van der Waals surface area contributed by atoms with Crippen LogP contribution >= 0.6 is 11.3 Å². The lowest BCUT2D eigenvalue weighted by atomic mass is 10.2. The molecule has 0 aliphatic carbocycles. The van der Waals surface area contributed by atoms with Crippen LogP contribution in [0, 0.1) is 6.92 Å². The highest BCUT2D eigenvalue weighted by atomic mass is 32.1. The zero-order chi connectivity index (χ0) is 17.4. The van der Waals surface area contributed by atoms with Crippen molar-refractivity contribution in [1.29, 1.82) is 0 Å². The van der Waals surface area contributed by atoms with Gasteiger partial charge in [0.15, 0.2) is 12.4 Å². The van der Waals surface area contributed by atoms with E-state index in [1.807, 2.05) is 30.5 Å². The third-order valence-electron chi connectivity index (χ3n) is 3.08. The zero-order valence-electron chi connectivity index (χ0n) is 13.2. The Morgan fingerprint density at radius 3 is 2.54 bits per heavy atom. The molecule has 2 N–H and O–H groups in total. The van der Waals surface area contributed by atoms with Crippen LogP contribution in [-0.4, -0.2) is 24.2 Å². The molecular formula is C17H18N2O4S. The van der Waals surface area contributed by atoms with Gasteiger partial charge in [-0.1, -0.05) is 18.2 Å². The lowest BCUT2D eigenvalue weighted by Gasteiger charge is -2.09. The topological polar surface area (TPSA) is 84.5 Å². The first-order valence-corrected chi connectivity index (χ1v) is 8.26. The summed E-state index contributed by atoms with van der Waals surface area (Å²) in [5.74, 6) is -0.412. The fourth-order valence-electron chi connectivity index (χ4n) is 1.88. The fraction of sp³-hybridized carbons (Fsp3) is 0.235. The van der Waals surface area contributed by atoms with Crippen molar-refractivity contribution in [1.82, 2.24) is 10.9 Å². The summed E-state index contributed by atoms with van der Waals surface area (Å²) in [5.41, 5.74) is 5.54. The standard InChI is InChI=1S/C17H18N2O4S/c1-12-4-2-5-13(10-12)23-11-17(22)19-18-16(21)8-7-14(20)15-6-3-9-24-15/h2-6,9-10H,7-8,11H2,1H3,(H,18,21)(H,19,22). The van der Waals surface area contributed by atoms with E-state index in [1.54, 1.807) is 18.2 Å². The number of hydrogen-bond acceptors (Lipinski definition) is 5. The van der Waals surface area contributed by atoms with Crippen LogP contribution in [0.1, 0.15) is 28.1 Å². The molecule has 0 spiro atoms. The van der Waals surface area contributed by atoms with Crippen molar-refractivity contribution >= 4 is 28.9 Å². The molecule has 2 amide bonds. The number of ether oxygens (including phenoxy) is 1. The van der Waals surface area contributed by atoms with Gasteiger partial charge in [-0.2, -0.15) is 0 Å². The molecule has 2 aromatic rings. The number of thiophene rings is 1. The molecule has 0 bridgehead atoms. The molecule has 0 unspecified atom stereocenters. The van der Waals surface area contributed by atoms with Crippen molar-refractivity contribution in [2.24, 2.45) is 0 Å². The number of hydrazine groups is 1. The number of nitrogens with one attached hydrogen (secondary N) is 2. The van der Waals surface area contributed by atoms with Gasteiger partial charge in [-0.05, 0) is 36.1 Å². The van der Waals surface area contributed by atoms with E-state index < -0.39 is 11.8 Å². The number of benzene rings is 1. The Morgan fingerprint density at radius 2 is 1.83 bits per heavy atom. The van der Waals surface area contributed by atoms with E-state index in [1.165, 1.54) is 11.3 Å². The molecule has 0 radical (unpaired) electrons. The van der Waals surface area contributed by atoms with Crippen LogP contribution < -0.4 is 15.6 Å². The van der Waals surface area contributed by atoms with Crippen LogP contribution in [0.5, 0.6) is 5.75 Å². The van der Waals surface area contributed by atoms with Gasteiger partial charge in [-0.3, -0.25) is 25.2 Å². The minimum atomic E-state index is -0.477. The molecule has 0 saturated heterocycles. The summed E-state index contributed by atoms with van der Waals surface area (Å²) in [6, 6.07) is 10.8. The molecule has 126 valence electrons. The molecule has 0 atom stereocenters. The average molecular weight is 346 g/mol. The van der Waals surface area contributed by atoms with Crippen LogP contribution in [0.25, 0.3) is 0 Å². The molecular weight excluding hydrogens is 328 g/mol. The summed E-state index contributed by atoms with van der Waals surface area (Å²) in [4.78, 5) is 35.6. The number of hydrogen-bond donors (Lipinski definition) is 2. The Bertz CT molecular complexity index is 713. The Labute approximate surface area is 143 Å². The quantitative estimate of drug-likeness (QED) is 0.595. The minimum Gasteiger partial charge on any atom is -0.484 e. The van der Waals surface area contributed by atoms with Crippen LogP contribution in [0.2, 0.25) is 0 Å². The molecule has 0 aliphatic heterocycles. The summed E-state index contributed by atoms with van der Waals surface area (Å²) in [5, 5.41) is 1.81. The number of ketones is 1. The second-order valence-corrected chi connectivity index (χ2v) is 6.05. The van der Waals surface area contributed by atoms with Crippen LogP contribution in [-0.2, 0) is 9.59 Å². The van der Waals surface area contributed by atoms with Crippen molar-refractivity contribution in [3.63, 3.8) is 0 Å². The molecule has 7 heteroatoms. The van der Waals surface area contributed by atoms with Gasteiger partial charge in [0.05, 0.1) is 4.88 Å². The number of rotatable bonds is 7. The molecule has 1 aromatic carbocycles. The van der Waals surface area contributed by atoms with Crippen molar-refractivity contribution in [3.8, 4) is 5.75 Å². The van der Waals surface area contributed by atoms with Gasteiger partial charge in [0.1, 0.15) is 5.75 Å². The van der Waals surface area contributed by atoms with Gasteiger partial charge >= 0.3 is 0 Å². The Morgan fingerprint density at radius 1 is 1.04 bits per heavy atom. The van der Waals surface area contributed by atoms with Crippen LogP contribution in [0.3, 0.4) is 0 Å². The number of Topliss-reactive ketones (excluding diaryl/α,β-unsaturated/α-hetero) is 1. The van der Waals surface area contributed by atoms with Crippen molar-refractivity contribution in [2.75, 3.05) is 6.61 Å². The second kappa shape index (κ2) is 8.83. The third kappa shape index (κ3) is 5.85. The summed E-state index contributed by atoms with van der Waals surface area (Å²) in [7, 11) is 0. The predicted molar refractivity (Wildman–Crippen MR) is 90.8 cm³/mol. The first kappa shape index (κ1) is 17.7. The number of carbonyl (C=O) groups is 3. The van der Waals surface area contributed by atoms with Gasteiger partial charge in [0, 0.05) is 12.8 Å². The average Bonchev–Trinajstić information content (AvgIpc) is 3.10. The monoisotopic (exact) mass is 346 g/mol. The molecule has 2 rings (SSSR count). The van der Waals surface area contributed by atoms with E-state index in [-0.39, 0.29) is 25.2 Å². The maximum atomic E-state index is 11.8. The maximum Gasteiger partial charge on any atom is 0.276 e. The van der Waals surface area contributed by atoms with Crippen LogP contribution in [0.15, 0.2) is 41.8 Å². The second-order valence-electron chi connectivity index (χ2n) is 5.10. The number of carbonyl (C=O) groups excluding carboxylic acids is 3. The molecule has 24 heavy (non-hydrogen) atoms. The largest absolute Gasteiger partial charge is 0.484 e. The summed E-state index contributed by atoms with van der Waals surface area (Å²) in [6.07, 6.45) is 0.109. The maximum absolute atomic E-state index is 11.8. The highest BCUT2D eigenvalue weighted by molar-refractivity contribution is 7.12. The molecule has 1 aromatic heterocycles. The Kier molecular flexibility index (Phi) is 6.51. The van der Waals surface area contributed by atoms with Crippen LogP contribution in [0.4, 0.5) is 0 Å². The molecule has 0 saturated carbocycles. The summed E-state index contributed by atoms with van der Waals surface area (Å²) in [6.45, 7) is 1.71. The van der Waals surface area contributed by atoms with Crippen molar-refractivity contribution in [3.05, 3.63) is 52.2 Å². The SMILES string of the molecule is Cc1cccc(OCC(=O)NNC(=O)CCC(=O)c2cccs2)c1. The molecule has 0 fully saturated rings. The van der Waals surface area contributed by atoms with E-state index in [9.17, 15) is 14.4 Å². The molecule has 1 heterocycles. The van der Waals surface area contributed by atoms with Gasteiger partial charge in [0.25, 0.3) is 5.91 Å². The third-order valence-corrected chi connectivity index (χ3v) is 3.99. The van der Waals surface area contributed by atoms with E-state index in [0.717, 1.165) is 5.56 Å². The Hall–Kier alpha value is -2.67. The highest BCUT2D eigenvalue weighted by Crippen LogP contribution is 2.12. The molecule has 6 nitrogen and oxygen atoms in total. The predicted octanol–water partition coefficient (Wildman–Crippen LogP) is 2.25. The van der Waals surface area contributed by atoms with E-state index >= 15 is 0 Å². The zero-order valence-corrected chi connectivity index (χ0v) is 14.0. The first-order valence-electron chi connectivity index (χ1n) is 7.38. The minimum absolute atomic E-state index is 0.00967. The molecule has 0 aliphatic rings. The van der Waals surface area contributed by atoms with E-state index in [0.29, 0.717) is 10.6 Å². The van der Waals surface area contributed by atoms with Gasteiger partial charge in [-0.15, -0.1) is 11.3 Å². The summed E-state index contributed by atoms with van der Waals surface area (Å²) < 4.78 is 5.31. The Balaban J connectivity index is 1.64. The van der Waals surface area contributed by atoms with Gasteiger partial charge < -0.3 is 4.74 Å². The normalized spacial score (nSPS) is 10.0. The van der Waals surface area contributed by atoms with Crippen molar-refractivity contribution in [2.45, 2.75) is 19.8 Å². The highest BCUT2D eigenvalue weighted by Gasteiger charge is 2.11. The number of amides is 2. The van der Waals surface area contributed by atoms with Gasteiger partial charge in [-0.25, -0.2) is 0 Å². The number of aryl methyl sites for hydroxylation is 1. The van der Waals surface area contributed by atoms with Crippen molar-refractivity contribution < 1.29 is 19.1 Å². The smallest absolute Gasteiger partial charge is 0.276 e. The van der Waals surface area contributed by atoms with E-state index in [2.05, 4.69) is 10.9 Å². The summed E-state index contributed by atoms with van der Waals surface area (Å²) >= 11 is 1.34. The lowest BCUT2D eigenvalue weighted by Crippen LogP contribution is -2.43. The fourth-order valence-corrected chi connectivity index (χ4v) is 2.57. The van der Waals surface area contributed by atoms with Gasteiger partial charge in [0.2, 0.25) is 5.91 Å². The first-order chi connectivity index (χ1) is 11.5. The van der Waals surface area contributed by atoms with E-state index in [4.69, 9.17) is 4.74 Å².